The summed E-state index contributed by atoms with van der Waals surface area (Å²) in [7, 11) is 0. The molecule has 0 aliphatic heterocycles. The minimum absolute atomic E-state index is 0.00129. The van der Waals surface area contributed by atoms with Crippen molar-refractivity contribution in [1.82, 2.24) is 5.32 Å². The normalized spacial score (nSPS) is 10.9. The number of hydrogen-bond donors (Lipinski definition) is 1. The zero-order valence-electron chi connectivity index (χ0n) is 11.6. The van der Waals surface area contributed by atoms with Crippen LogP contribution in [0.5, 0.6) is 5.75 Å². The molecule has 0 saturated carbocycles. The van der Waals surface area contributed by atoms with Gasteiger partial charge >= 0.3 is 0 Å². The number of hydrogen-bond acceptors (Lipinski definition) is 2. The minimum Gasteiger partial charge on any atom is -0.483 e. The van der Waals surface area contributed by atoms with Crippen LogP contribution < -0.4 is 10.1 Å². The van der Waals surface area contributed by atoms with Crippen molar-refractivity contribution in [2.45, 2.75) is 26.2 Å². The van der Waals surface area contributed by atoms with Gasteiger partial charge in [0.05, 0.1) is 4.47 Å². The smallest absolute Gasteiger partial charge is 0.258 e. The monoisotopic (exact) mass is 325 g/mol. The summed E-state index contributed by atoms with van der Waals surface area (Å²) in [5.74, 6) is 0.508. The first-order valence-electron chi connectivity index (χ1n) is 6.15. The van der Waals surface area contributed by atoms with Crippen molar-refractivity contribution in [3.05, 3.63) is 40.9 Å². The van der Waals surface area contributed by atoms with E-state index in [4.69, 9.17) is 4.74 Å². The van der Waals surface area contributed by atoms with Gasteiger partial charge in [0.15, 0.2) is 6.61 Å². The van der Waals surface area contributed by atoms with Crippen LogP contribution in [0.1, 0.15) is 26.3 Å². The average molecular weight is 326 g/mol. The first-order chi connectivity index (χ1) is 8.84. The molecule has 0 aliphatic rings. The predicted octanol–water partition coefficient (Wildman–Crippen LogP) is 3.43. The topological polar surface area (TPSA) is 38.3 Å². The average Bonchev–Trinajstić information content (AvgIpc) is 2.33. The van der Waals surface area contributed by atoms with Crippen LogP contribution in [0.15, 0.2) is 35.3 Å². The van der Waals surface area contributed by atoms with Crippen LogP contribution in [-0.2, 0) is 10.2 Å². The lowest BCUT2D eigenvalue weighted by Crippen LogP contribution is -2.28. The van der Waals surface area contributed by atoms with Gasteiger partial charge in [-0.25, -0.2) is 0 Å². The van der Waals surface area contributed by atoms with E-state index in [0.29, 0.717) is 12.3 Å². The summed E-state index contributed by atoms with van der Waals surface area (Å²) in [4.78, 5) is 11.4. The quantitative estimate of drug-likeness (QED) is 0.842. The van der Waals surface area contributed by atoms with Crippen LogP contribution in [0.25, 0.3) is 0 Å². The number of ether oxygens (including phenoxy) is 1. The van der Waals surface area contributed by atoms with Gasteiger partial charge in [-0.05, 0) is 39.0 Å². The van der Waals surface area contributed by atoms with Crippen molar-refractivity contribution in [1.29, 1.82) is 0 Å². The second-order valence-corrected chi connectivity index (χ2v) is 6.13. The first-order valence-corrected chi connectivity index (χ1v) is 6.94. The Morgan fingerprint density at radius 1 is 1.47 bits per heavy atom. The highest BCUT2D eigenvalue weighted by atomic mass is 79.9. The molecule has 0 fully saturated rings. The fourth-order valence-corrected chi connectivity index (χ4v) is 1.96. The van der Waals surface area contributed by atoms with Crippen LogP contribution >= 0.6 is 15.9 Å². The van der Waals surface area contributed by atoms with Crippen molar-refractivity contribution in [2.75, 3.05) is 13.2 Å². The second-order valence-electron chi connectivity index (χ2n) is 5.28. The molecule has 0 bridgehead atoms. The molecule has 1 amide bonds. The van der Waals surface area contributed by atoms with Gasteiger partial charge in [-0.15, -0.1) is 6.58 Å². The third-order valence-corrected chi connectivity index (χ3v) is 3.22. The van der Waals surface area contributed by atoms with Crippen molar-refractivity contribution >= 4 is 21.8 Å². The Hall–Kier alpha value is -1.29. The van der Waals surface area contributed by atoms with E-state index >= 15 is 0 Å². The summed E-state index contributed by atoms with van der Waals surface area (Å²) in [6, 6.07) is 5.92. The first kappa shape index (κ1) is 15.8. The Labute approximate surface area is 123 Å². The molecule has 1 N–H and O–H groups in total. The van der Waals surface area contributed by atoms with Gasteiger partial charge in [-0.1, -0.05) is 32.9 Å². The number of amides is 1. The highest BCUT2D eigenvalue weighted by Crippen LogP contribution is 2.31. The molecule has 0 spiro atoms. The molecule has 0 heterocycles. The summed E-state index contributed by atoms with van der Waals surface area (Å²) in [6.07, 6.45) is 1.63. The van der Waals surface area contributed by atoms with Crippen LogP contribution in [0.2, 0.25) is 0 Å². The van der Waals surface area contributed by atoms with Gasteiger partial charge in [-0.2, -0.15) is 0 Å². The van der Waals surface area contributed by atoms with Gasteiger partial charge in [-0.3, -0.25) is 4.79 Å². The van der Waals surface area contributed by atoms with Crippen LogP contribution in [-0.4, -0.2) is 19.1 Å². The summed E-state index contributed by atoms with van der Waals surface area (Å²) < 4.78 is 6.33. The van der Waals surface area contributed by atoms with Crippen molar-refractivity contribution < 1.29 is 9.53 Å². The fourth-order valence-electron chi connectivity index (χ4n) is 1.46. The SMILES string of the molecule is C=CCNC(=O)COc1ccc(C(C)(C)C)cc1Br. The zero-order chi connectivity index (χ0) is 14.5. The Morgan fingerprint density at radius 2 is 2.16 bits per heavy atom. The van der Waals surface area contributed by atoms with E-state index in [1.807, 2.05) is 18.2 Å². The lowest BCUT2D eigenvalue weighted by Gasteiger charge is -2.20. The summed E-state index contributed by atoms with van der Waals surface area (Å²) in [5, 5.41) is 2.66. The molecule has 104 valence electrons. The summed E-state index contributed by atoms with van der Waals surface area (Å²) >= 11 is 3.47. The summed E-state index contributed by atoms with van der Waals surface area (Å²) in [5.41, 5.74) is 1.30. The number of benzene rings is 1. The third-order valence-electron chi connectivity index (χ3n) is 2.60. The van der Waals surface area contributed by atoms with Gasteiger partial charge in [0.2, 0.25) is 0 Å². The van der Waals surface area contributed by atoms with Gasteiger partial charge in [0, 0.05) is 6.54 Å². The van der Waals surface area contributed by atoms with Gasteiger partial charge in [0.1, 0.15) is 5.75 Å². The highest BCUT2D eigenvalue weighted by molar-refractivity contribution is 9.10. The molecule has 0 saturated heterocycles. The maximum atomic E-state index is 11.4. The van der Waals surface area contributed by atoms with Crippen molar-refractivity contribution in [3.63, 3.8) is 0 Å². The second kappa shape index (κ2) is 6.75. The number of carbonyl (C=O) groups is 1. The Morgan fingerprint density at radius 3 is 2.68 bits per heavy atom. The molecule has 4 heteroatoms. The Balaban J connectivity index is 2.65. The maximum Gasteiger partial charge on any atom is 0.258 e. The van der Waals surface area contributed by atoms with E-state index in [9.17, 15) is 4.79 Å². The molecule has 0 atom stereocenters. The molecule has 0 aliphatic carbocycles. The van der Waals surface area contributed by atoms with Crippen molar-refractivity contribution in [3.8, 4) is 5.75 Å². The van der Waals surface area contributed by atoms with E-state index in [-0.39, 0.29) is 17.9 Å². The number of rotatable bonds is 5. The molecule has 1 aromatic rings. The number of nitrogens with one attached hydrogen (secondary N) is 1. The molecule has 0 unspecified atom stereocenters. The van der Waals surface area contributed by atoms with E-state index in [1.165, 1.54) is 5.56 Å². The van der Waals surface area contributed by atoms with E-state index in [1.54, 1.807) is 6.08 Å². The van der Waals surface area contributed by atoms with E-state index < -0.39 is 0 Å². The minimum atomic E-state index is -0.160. The highest BCUT2D eigenvalue weighted by Gasteiger charge is 2.15. The number of halogens is 1. The Bertz CT molecular complexity index is 464. The van der Waals surface area contributed by atoms with E-state index in [0.717, 1.165) is 4.47 Å². The van der Waals surface area contributed by atoms with Crippen LogP contribution in [0, 0.1) is 0 Å². The molecular formula is C15H20BrNO2. The lowest BCUT2D eigenvalue weighted by molar-refractivity contribution is -0.122. The molecular weight excluding hydrogens is 306 g/mol. The molecule has 0 radical (unpaired) electrons. The van der Waals surface area contributed by atoms with Crippen LogP contribution in [0.4, 0.5) is 0 Å². The molecule has 19 heavy (non-hydrogen) atoms. The van der Waals surface area contributed by atoms with Crippen LogP contribution in [0.3, 0.4) is 0 Å². The third kappa shape index (κ3) is 5.07. The molecule has 3 nitrogen and oxygen atoms in total. The Kier molecular flexibility index (Phi) is 5.60. The standard InChI is InChI=1S/C15H20BrNO2/c1-5-8-17-14(18)10-19-13-7-6-11(9-12(13)16)15(2,3)4/h5-7,9H,1,8,10H2,2-4H3,(H,17,18). The summed E-state index contributed by atoms with van der Waals surface area (Å²) in [6.45, 7) is 10.4. The van der Waals surface area contributed by atoms with Crippen molar-refractivity contribution in [2.24, 2.45) is 0 Å². The maximum absolute atomic E-state index is 11.4. The fraction of sp³-hybridized carbons (Fsp3) is 0.400. The van der Waals surface area contributed by atoms with Gasteiger partial charge < -0.3 is 10.1 Å². The zero-order valence-corrected chi connectivity index (χ0v) is 13.2. The van der Waals surface area contributed by atoms with E-state index in [2.05, 4.69) is 48.6 Å². The molecule has 1 rings (SSSR count). The predicted molar refractivity (Wildman–Crippen MR) is 81.5 cm³/mol. The number of carbonyl (C=O) groups excluding carboxylic acids is 1. The molecule has 0 aromatic heterocycles. The lowest BCUT2D eigenvalue weighted by atomic mass is 9.87. The largest absolute Gasteiger partial charge is 0.483 e. The van der Waals surface area contributed by atoms with Gasteiger partial charge in [0.25, 0.3) is 5.91 Å². The molecule has 1 aromatic carbocycles.